The Bertz CT molecular complexity index is 1110. The smallest absolute Gasteiger partial charge is 0.343 e. The Hall–Kier alpha value is -3.65. The molecule has 0 aliphatic heterocycles. The van der Waals surface area contributed by atoms with Crippen molar-refractivity contribution in [2.24, 2.45) is 0 Å². The van der Waals surface area contributed by atoms with Gasteiger partial charge in [0, 0.05) is 0 Å². The van der Waals surface area contributed by atoms with Gasteiger partial charge < -0.3 is 4.74 Å². The van der Waals surface area contributed by atoms with Crippen molar-refractivity contribution in [3.8, 4) is 28.0 Å². The quantitative estimate of drug-likeness (QED) is 0.206. The molecule has 0 aromatic heterocycles. The number of rotatable bonds is 4. The molecule has 0 bridgehead atoms. The molecule has 0 radical (unpaired) electrons. The first-order valence-corrected chi connectivity index (χ1v) is 13.6. The molecule has 0 saturated heterocycles. The van der Waals surface area contributed by atoms with Gasteiger partial charge in [0.25, 0.3) is 0 Å². The summed E-state index contributed by atoms with van der Waals surface area (Å²) >= 11 is 0. The van der Waals surface area contributed by atoms with E-state index < -0.39 is 0 Å². The number of hydrogen-bond acceptors (Lipinski definition) is 2. The van der Waals surface area contributed by atoms with Crippen molar-refractivity contribution in [1.29, 1.82) is 0 Å². The molecular formula is C35H46O2. The van der Waals surface area contributed by atoms with Crippen LogP contribution in [0.4, 0.5) is 0 Å². The molecule has 0 unspecified atom stereocenters. The van der Waals surface area contributed by atoms with Gasteiger partial charge in [0.1, 0.15) is 5.75 Å². The number of ether oxygens (including phenoxy) is 1. The third kappa shape index (κ3) is 10.9. The zero-order valence-electron chi connectivity index (χ0n) is 24.6. The second kappa shape index (κ2) is 19.5. The van der Waals surface area contributed by atoms with Crippen LogP contribution in [-0.2, 0) is 0 Å². The van der Waals surface area contributed by atoms with Crippen molar-refractivity contribution in [1.82, 2.24) is 0 Å². The highest BCUT2D eigenvalue weighted by atomic mass is 16.5. The minimum Gasteiger partial charge on any atom is -0.423 e. The van der Waals surface area contributed by atoms with Crippen LogP contribution in [0.1, 0.15) is 76.9 Å². The highest BCUT2D eigenvalue weighted by Gasteiger charge is 2.09. The Morgan fingerprint density at radius 1 is 0.432 bits per heavy atom. The maximum atomic E-state index is 12.5. The van der Waals surface area contributed by atoms with E-state index in [-0.39, 0.29) is 5.97 Å². The minimum atomic E-state index is -0.358. The molecule has 0 aliphatic rings. The van der Waals surface area contributed by atoms with Gasteiger partial charge in [-0.3, -0.25) is 0 Å². The van der Waals surface area contributed by atoms with Crippen LogP contribution in [0.5, 0.6) is 5.75 Å². The van der Waals surface area contributed by atoms with E-state index in [1.165, 1.54) is 11.1 Å². The number of carbonyl (C=O) groups excluding carboxylic acids is 1. The van der Waals surface area contributed by atoms with Gasteiger partial charge in [0.2, 0.25) is 0 Å². The SMILES string of the molecule is CC.CC.CC.CC.Cc1ccc(-c2ccc(OC(=O)c3ccc(-c4ccc(C)cc4)cc3)cc2)cc1. The molecule has 4 rings (SSSR count). The third-order valence-electron chi connectivity index (χ3n) is 4.96. The fourth-order valence-corrected chi connectivity index (χ4v) is 3.17. The van der Waals surface area contributed by atoms with E-state index in [2.05, 4.69) is 62.4 Å². The Balaban J connectivity index is 0.00000148. The first kappa shape index (κ1) is 33.4. The summed E-state index contributed by atoms with van der Waals surface area (Å²) in [5.41, 5.74) is 7.41. The van der Waals surface area contributed by atoms with Crippen molar-refractivity contribution in [2.75, 3.05) is 0 Å². The second-order valence-corrected chi connectivity index (χ2v) is 7.22. The van der Waals surface area contributed by atoms with Gasteiger partial charge >= 0.3 is 5.97 Å². The molecule has 0 spiro atoms. The molecule has 0 saturated carbocycles. The van der Waals surface area contributed by atoms with Crippen molar-refractivity contribution in [3.05, 3.63) is 114 Å². The van der Waals surface area contributed by atoms with E-state index in [0.29, 0.717) is 11.3 Å². The van der Waals surface area contributed by atoms with Crippen LogP contribution in [0.15, 0.2) is 97.1 Å². The van der Waals surface area contributed by atoms with Gasteiger partial charge in [-0.25, -0.2) is 4.79 Å². The molecular weight excluding hydrogens is 452 g/mol. The summed E-state index contributed by atoms with van der Waals surface area (Å²) in [5.74, 6) is 0.178. The Kier molecular flexibility index (Phi) is 17.6. The fraction of sp³-hybridized carbons (Fsp3) is 0.286. The van der Waals surface area contributed by atoms with Crippen LogP contribution >= 0.6 is 0 Å². The van der Waals surface area contributed by atoms with E-state index >= 15 is 0 Å². The molecule has 2 heteroatoms. The largest absolute Gasteiger partial charge is 0.423 e. The first-order chi connectivity index (χ1) is 18.1. The lowest BCUT2D eigenvalue weighted by Gasteiger charge is -2.07. The highest BCUT2D eigenvalue weighted by Crippen LogP contribution is 2.24. The molecule has 4 aromatic rings. The minimum absolute atomic E-state index is 0.358. The molecule has 0 amide bonds. The maximum Gasteiger partial charge on any atom is 0.343 e. The van der Waals surface area contributed by atoms with Crippen molar-refractivity contribution < 1.29 is 9.53 Å². The van der Waals surface area contributed by atoms with Crippen LogP contribution < -0.4 is 4.74 Å². The summed E-state index contributed by atoms with van der Waals surface area (Å²) in [5, 5.41) is 0. The van der Waals surface area contributed by atoms with E-state index in [1.54, 1.807) is 12.1 Å². The lowest BCUT2D eigenvalue weighted by Crippen LogP contribution is -2.08. The standard InChI is InChI=1S/C27H22O2.4C2H6/c1-19-3-7-21(8-4-19)23-11-13-25(14-12-23)27(28)29-26-17-15-24(16-18-26)22-9-5-20(2)6-10-22;4*1-2/h3-18H,1-2H3;4*1-2H3. The summed E-state index contributed by atoms with van der Waals surface area (Å²) in [6, 6.07) is 31.8. The van der Waals surface area contributed by atoms with Crippen LogP contribution in [0.25, 0.3) is 22.3 Å². The number of aryl methyl sites for hydroxylation is 2. The molecule has 2 nitrogen and oxygen atoms in total. The Morgan fingerprint density at radius 3 is 1.03 bits per heavy atom. The number of esters is 1. The topological polar surface area (TPSA) is 26.3 Å². The van der Waals surface area contributed by atoms with E-state index in [9.17, 15) is 4.79 Å². The van der Waals surface area contributed by atoms with Gasteiger partial charge in [-0.1, -0.05) is 139 Å². The zero-order chi connectivity index (χ0) is 28.2. The average molecular weight is 499 g/mol. The molecule has 0 fully saturated rings. The average Bonchev–Trinajstić information content (AvgIpc) is 2.99. The monoisotopic (exact) mass is 498 g/mol. The van der Waals surface area contributed by atoms with Crippen LogP contribution in [0, 0.1) is 13.8 Å². The normalized spacial score (nSPS) is 8.92. The van der Waals surface area contributed by atoms with Crippen LogP contribution in [0.3, 0.4) is 0 Å². The van der Waals surface area contributed by atoms with Gasteiger partial charge in [-0.05, 0) is 60.4 Å². The summed E-state index contributed by atoms with van der Waals surface area (Å²) in [7, 11) is 0. The Morgan fingerprint density at radius 2 is 0.703 bits per heavy atom. The third-order valence-corrected chi connectivity index (χ3v) is 4.96. The summed E-state index contributed by atoms with van der Waals surface area (Å²) < 4.78 is 5.53. The predicted molar refractivity (Wildman–Crippen MR) is 164 cm³/mol. The summed E-state index contributed by atoms with van der Waals surface area (Å²) in [6.45, 7) is 20.1. The first-order valence-electron chi connectivity index (χ1n) is 13.6. The summed E-state index contributed by atoms with van der Waals surface area (Å²) in [4.78, 5) is 12.5. The van der Waals surface area contributed by atoms with E-state index in [1.807, 2.05) is 91.8 Å². The molecule has 198 valence electrons. The van der Waals surface area contributed by atoms with Gasteiger partial charge in [-0.2, -0.15) is 0 Å². The Labute approximate surface area is 226 Å². The fourth-order valence-electron chi connectivity index (χ4n) is 3.17. The number of benzene rings is 4. The maximum absolute atomic E-state index is 12.5. The van der Waals surface area contributed by atoms with Crippen molar-refractivity contribution in [3.63, 3.8) is 0 Å². The molecule has 37 heavy (non-hydrogen) atoms. The second-order valence-electron chi connectivity index (χ2n) is 7.22. The van der Waals surface area contributed by atoms with Crippen LogP contribution in [-0.4, -0.2) is 5.97 Å². The van der Waals surface area contributed by atoms with Crippen molar-refractivity contribution in [2.45, 2.75) is 69.2 Å². The van der Waals surface area contributed by atoms with E-state index in [0.717, 1.165) is 22.3 Å². The van der Waals surface area contributed by atoms with Gasteiger partial charge in [0.15, 0.2) is 0 Å². The molecule has 0 heterocycles. The van der Waals surface area contributed by atoms with Gasteiger partial charge in [-0.15, -0.1) is 0 Å². The number of hydrogen-bond donors (Lipinski definition) is 0. The van der Waals surface area contributed by atoms with Crippen LogP contribution in [0.2, 0.25) is 0 Å². The highest BCUT2D eigenvalue weighted by molar-refractivity contribution is 5.91. The van der Waals surface area contributed by atoms with Gasteiger partial charge in [0.05, 0.1) is 5.56 Å². The van der Waals surface area contributed by atoms with E-state index in [4.69, 9.17) is 4.74 Å². The lowest BCUT2D eigenvalue weighted by atomic mass is 10.0. The lowest BCUT2D eigenvalue weighted by molar-refractivity contribution is 0.0735. The van der Waals surface area contributed by atoms with Crippen molar-refractivity contribution >= 4 is 5.97 Å². The number of carbonyl (C=O) groups is 1. The predicted octanol–water partition coefficient (Wildman–Crippen LogP) is 11.0. The molecule has 0 N–H and O–H groups in total. The molecule has 0 aliphatic carbocycles. The summed E-state index contributed by atoms with van der Waals surface area (Å²) in [6.07, 6.45) is 0. The molecule has 4 aromatic carbocycles. The zero-order valence-corrected chi connectivity index (χ0v) is 24.6. The molecule has 0 atom stereocenters.